The lowest BCUT2D eigenvalue weighted by atomic mass is 10.1. The van der Waals surface area contributed by atoms with Crippen molar-refractivity contribution < 1.29 is 4.79 Å². The molecule has 0 radical (unpaired) electrons. The van der Waals surface area contributed by atoms with E-state index in [0.29, 0.717) is 5.02 Å². The van der Waals surface area contributed by atoms with Gasteiger partial charge in [-0.2, -0.15) is 5.10 Å². The summed E-state index contributed by atoms with van der Waals surface area (Å²) < 4.78 is 1.83. The van der Waals surface area contributed by atoms with Crippen LogP contribution in [0.4, 0.5) is 5.69 Å². The average Bonchev–Trinajstić information content (AvgIpc) is 2.88. The molecule has 1 unspecified atom stereocenters. The first-order chi connectivity index (χ1) is 9.93. The summed E-state index contributed by atoms with van der Waals surface area (Å²) in [6.07, 6.45) is 0. The fraction of sp³-hybridized carbons (Fsp3) is 0.333. The number of aromatic nitrogens is 2. The molecule has 2 aromatic rings. The number of fused-ring (bicyclic) bond motifs is 1. The second-order valence-corrected chi connectivity index (χ2v) is 5.72. The third-order valence-electron chi connectivity index (χ3n) is 4.12. The highest BCUT2D eigenvalue weighted by Crippen LogP contribution is 2.37. The average molecular weight is 305 g/mol. The molecule has 3 rings (SSSR count). The number of halogens is 1. The van der Waals surface area contributed by atoms with Crippen molar-refractivity contribution in [2.75, 3.05) is 12.4 Å². The van der Waals surface area contributed by atoms with Crippen molar-refractivity contribution in [3.8, 4) is 5.69 Å². The molecule has 0 saturated heterocycles. The van der Waals surface area contributed by atoms with Gasteiger partial charge in [-0.3, -0.25) is 4.79 Å². The summed E-state index contributed by atoms with van der Waals surface area (Å²) in [4.78, 5) is 11.9. The molecule has 1 aliphatic rings. The van der Waals surface area contributed by atoms with Gasteiger partial charge in [0.05, 0.1) is 16.4 Å². The summed E-state index contributed by atoms with van der Waals surface area (Å²) in [5, 5.41) is 11.0. The number of carbonyl (C=O) groups is 1. The van der Waals surface area contributed by atoms with E-state index < -0.39 is 0 Å². The monoisotopic (exact) mass is 304 g/mol. The predicted molar refractivity (Wildman–Crippen MR) is 83.2 cm³/mol. The van der Waals surface area contributed by atoms with Gasteiger partial charge < -0.3 is 10.6 Å². The van der Waals surface area contributed by atoms with E-state index in [-0.39, 0.29) is 11.9 Å². The highest BCUT2D eigenvalue weighted by Gasteiger charge is 2.30. The number of aryl methyl sites for hydroxylation is 1. The van der Waals surface area contributed by atoms with Crippen LogP contribution in [0.1, 0.15) is 28.6 Å². The number of amides is 1. The second-order valence-electron chi connectivity index (χ2n) is 5.31. The van der Waals surface area contributed by atoms with Crippen LogP contribution < -0.4 is 10.6 Å². The molecule has 1 aliphatic heterocycles. The fourth-order valence-corrected chi connectivity index (χ4v) is 2.93. The highest BCUT2D eigenvalue weighted by molar-refractivity contribution is 6.32. The first kappa shape index (κ1) is 14.1. The van der Waals surface area contributed by atoms with Crippen LogP contribution in [0.3, 0.4) is 0 Å². The summed E-state index contributed by atoms with van der Waals surface area (Å²) in [7, 11) is 1.76. The zero-order chi connectivity index (χ0) is 15.3. The first-order valence-electron chi connectivity index (χ1n) is 6.78. The van der Waals surface area contributed by atoms with Crippen molar-refractivity contribution in [2.45, 2.75) is 26.8 Å². The maximum absolute atomic E-state index is 11.9. The number of hydrogen-bond acceptors (Lipinski definition) is 3. The lowest BCUT2D eigenvalue weighted by Crippen LogP contribution is -2.23. The second kappa shape index (κ2) is 4.86. The van der Waals surface area contributed by atoms with Gasteiger partial charge in [0.25, 0.3) is 0 Å². The van der Waals surface area contributed by atoms with Gasteiger partial charge in [0, 0.05) is 16.9 Å². The SMILES string of the molecule is CNC1C(=O)Nc2cc(-n3nc(C)c(C)c3C)c(Cl)cc21. The molecule has 2 heterocycles. The Bertz CT molecular complexity index is 751. The Labute approximate surface area is 128 Å². The number of benzene rings is 1. The van der Waals surface area contributed by atoms with E-state index in [1.807, 2.05) is 37.6 Å². The van der Waals surface area contributed by atoms with Crippen LogP contribution in [0.15, 0.2) is 12.1 Å². The molecule has 1 atom stereocenters. The Morgan fingerprint density at radius 3 is 2.62 bits per heavy atom. The van der Waals surface area contributed by atoms with Gasteiger partial charge in [0.15, 0.2) is 0 Å². The quantitative estimate of drug-likeness (QED) is 0.897. The van der Waals surface area contributed by atoms with E-state index in [0.717, 1.165) is 33.9 Å². The molecule has 1 aromatic heterocycles. The molecule has 110 valence electrons. The van der Waals surface area contributed by atoms with Crippen molar-refractivity contribution >= 4 is 23.2 Å². The van der Waals surface area contributed by atoms with Crippen molar-refractivity contribution in [3.63, 3.8) is 0 Å². The fourth-order valence-electron chi connectivity index (χ4n) is 2.67. The van der Waals surface area contributed by atoms with Crippen LogP contribution in [-0.2, 0) is 4.79 Å². The zero-order valence-corrected chi connectivity index (χ0v) is 13.2. The summed E-state index contributed by atoms with van der Waals surface area (Å²) in [5.74, 6) is -0.0646. The van der Waals surface area contributed by atoms with Crippen LogP contribution >= 0.6 is 11.6 Å². The Morgan fingerprint density at radius 1 is 1.33 bits per heavy atom. The molecule has 1 amide bonds. The van der Waals surface area contributed by atoms with Gasteiger partial charge in [-0.05, 0) is 45.5 Å². The first-order valence-corrected chi connectivity index (χ1v) is 7.16. The van der Waals surface area contributed by atoms with Crippen molar-refractivity contribution in [3.05, 3.63) is 39.7 Å². The summed E-state index contributed by atoms with van der Waals surface area (Å²) >= 11 is 6.42. The smallest absolute Gasteiger partial charge is 0.246 e. The standard InChI is InChI=1S/C15H17ClN4O/c1-7-8(2)19-20(9(7)3)13-6-12-10(5-11(13)16)14(17-4)15(21)18-12/h5-6,14,17H,1-4H3,(H,18,21). The van der Waals surface area contributed by atoms with Gasteiger partial charge in [-0.15, -0.1) is 0 Å². The van der Waals surface area contributed by atoms with E-state index in [1.54, 1.807) is 7.05 Å². The van der Waals surface area contributed by atoms with E-state index in [9.17, 15) is 4.79 Å². The van der Waals surface area contributed by atoms with E-state index in [1.165, 1.54) is 0 Å². The Hall–Kier alpha value is -1.85. The molecular weight excluding hydrogens is 288 g/mol. The Kier molecular flexibility index (Phi) is 3.26. The van der Waals surface area contributed by atoms with Gasteiger partial charge in [0.1, 0.15) is 6.04 Å². The lowest BCUT2D eigenvalue weighted by molar-refractivity contribution is -0.117. The van der Waals surface area contributed by atoms with Crippen molar-refractivity contribution in [2.24, 2.45) is 0 Å². The molecule has 21 heavy (non-hydrogen) atoms. The number of carbonyl (C=O) groups excluding carboxylic acids is 1. The lowest BCUT2D eigenvalue weighted by Gasteiger charge is -2.11. The van der Waals surface area contributed by atoms with Crippen molar-refractivity contribution in [1.29, 1.82) is 0 Å². The van der Waals surface area contributed by atoms with Crippen LogP contribution in [0.25, 0.3) is 5.69 Å². The molecule has 0 spiro atoms. The Balaban J connectivity index is 2.17. The molecule has 2 N–H and O–H groups in total. The number of nitrogens with one attached hydrogen (secondary N) is 2. The van der Waals surface area contributed by atoms with Gasteiger partial charge in [0.2, 0.25) is 5.91 Å². The number of hydrogen-bond donors (Lipinski definition) is 2. The minimum atomic E-state index is -0.353. The largest absolute Gasteiger partial charge is 0.324 e. The van der Waals surface area contributed by atoms with E-state index >= 15 is 0 Å². The number of anilines is 1. The van der Waals surface area contributed by atoms with Crippen LogP contribution in [0.5, 0.6) is 0 Å². The minimum absolute atomic E-state index is 0.0646. The maximum Gasteiger partial charge on any atom is 0.246 e. The molecule has 6 heteroatoms. The third kappa shape index (κ3) is 2.04. The van der Waals surface area contributed by atoms with E-state index in [2.05, 4.69) is 15.7 Å². The number of likely N-dealkylation sites (N-methyl/N-ethyl adjacent to an activating group) is 1. The molecule has 0 fully saturated rings. The number of nitrogens with zero attached hydrogens (tertiary/aromatic N) is 2. The molecule has 0 aliphatic carbocycles. The highest BCUT2D eigenvalue weighted by atomic mass is 35.5. The summed E-state index contributed by atoms with van der Waals surface area (Å²) in [5.41, 5.74) is 5.59. The molecule has 0 bridgehead atoms. The maximum atomic E-state index is 11.9. The molecular formula is C15H17ClN4O. The van der Waals surface area contributed by atoms with Gasteiger partial charge in [-0.25, -0.2) is 4.68 Å². The number of rotatable bonds is 2. The summed E-state index contributed by atoms with van der Waals surface area (Å²) in [6, 6.07) is 3.36. The summed E-state index contributed by atoms with van der Waals surface area (Å²) in [6.45, 7) is 6.01. The molecule has 0 saturated carbocycles. The van der Waals surface area contributed by atoms with Crippen LogP contribution in [0, 0.1) is 20.8 Å². The topological polar surface area (TPSA) is 59.0 Å². The zero-order valence-electron chi connectivity index (χ0n) is 12.4. The van der Waals surface area contributed by atoms with Crippen LogP contribution in [-0.4, -0.2) is 22.7 Å². The predicted octanol–water partition coefficient (Wildman–Crippen LogP) is 2.66. The Morgan fingerprint density at radius 2 is 2.05 bits per heavy atom. The van der Waals surface area contributed by atoms with Gasteiger partial charge in [-0.1, -0.05) is 11.6 Å². The normalized spacial score (nSPS) is 17.0. The molecule has 5 nitrogen and oxygen atoms in total. The van der Waals surface area contributed by atoms with Crippen LogP contribution in [0.2, 0.25) is 5.02 Å². The van der Waals surface area contributed by atoms with Crippen molar-refractivity contribution in [1.82, 2.24) is 15.1 Å². The third-order valence-corrected chi connectivity index (χ3v) is 4.42. The van der Waals surface area contributed by atoms with Gasteiger partial charge >= 0.3 is 0 Å². The molecule has 1 aromatic carbocycles. The van der Waals surface area contributed by atoms with E-state index in [4.69, 9.17) is 11.6 Å². The minimum Gasteiger partial charge on any atom is -0.324 e.